The van der Waals surface area contributed by atoms with Gasteiger partial charge in [-0.25, -0.2) is 0 Å². The third kappa shape index (κ3) is 3.93. The number of hydrogen-bond acceptors (Lipinski definition) is 5. The standard InChI is InChI=1S/C23H31N3O3S/c1-23(14-15-7-9-26(10-8-15)20(27)19-6-3-11-29-19)21(28)25-22(30-23)24-18-13-16-4-2-5-17(18)12-16/h3,6,11,15-18H,2,4-5,7-10,12-14H2,1H3,(H,24,25,28)/t16-,17+,18+,23?/m1/s1. The zero-order chi connectivity index (χ0) is 20.7. The maximum Gasteiger partial charge on any atom is 0.289 e. The molecule has 4 aliphatic rings. The van der Waals surface area contributed by atoms with Crippen LogP contribution >= 0.6 is 11.8 Å². The molecule has 2 bridgehead atoms. The highest BCUT2D eigenvalue weighted by Gasteiger charge is 2.45. The molecule has 162 valence electrons. The van der Waals surface area contributed by atoms with Gasteiger partial charge in [-0.1, -0.05) is 24.6 Å². The van der Waals surface area contributed by atoms with E-state index in [1.165, 1.54) is 38.4 Å². The summed E-state index contributed by atoms with van der Waals surface area (Å²) in [6.45, 7) is 3.50. The van der Waals surface area contributed by atoms with Crippen molar-refractivity contribution in [2.24, 2.45) is 22.7 Å². The molecule has 2 amide bonds. The number of furan rings is 1. The molecule has 1 unspecified atom stereocenters. The van der Waals surface area contributed by atoms with Gasteiger partial charge in [0.05, 0.1) is 17.1 Å². The van der Waals surface area contributed by atoms with Crippen LogP contribution in [0.3, 0.4) is 0 Å². The predicted octanol–water partition coefficient (Wildman–Crippen LogP) is 4.08. The average Bonchev–Trinajstić information content (AvgIpc) is 3.42. The number of thioether (sulfide) groups is 1. The van der Waals surface area contributed by atoms with Gasteiger partial charge in [0, 0.05) is 13.1 Å². The summed E-state index contributed by atoms with van der Waals surface area (Å²) in [5, 5.41) is 3.92. The van der Waals surface area contributed by atoms with Crippen molar-refractivity contribution in [3.8, 4) is 0 Å². The molecule has 0 spiro atoms. The Balaban J connectivity index is 1.17. The van der Waals surface area contributed by atoms with Crippen LogP contribution in [0.25, 0.3) is 0 Å². The second-order valence-corrected chi connectivity index (χ2v) is 11.2. The fourth-order valence-electron chi connectivity index (χ4n) is 5.89. The van der Waals surface area contributed by atoms with Crippen LogP contribution < -0.4 is 5.32 Å². The molecule has 0 aromatic carbocycles. The van der Waals surface area contributed by atoms with Gasteiger partial charge < -0.3 is 14.6 Å². The van der Waals surface area contributed by atoms with Crippen LogP contribution in [0.4, 0.5) is 0 Å². The molecular formula is C23H31N3O3S. The van der Waals surface area contributed by atoms with Crippen molar-refractivity contribution in [2.45, 2.75) is 69.1 Å². The first-order chi connectivity index (χ1) is 14.5. The number of fused-ring (bicyclic) bond motifs is 2. The second-order valence-electron chi connectivity index (χ2n) is 9.73. The van der Waals surface area contributed by atoms with Crippen LogP contribution in [0.1, 0.15) is 68.8 Å². The fraction of sp³-hybridized carbons (Fsp3) is 0.696. The van der Waals surface area contributed by atoms with Gasteiger partial charge in [-0.05, 0) is 75.3 Å². The summed E-state index contributed by atoms with van der Waals surface area (Å²) in [7, 11) is 0. The Morgan fingerprint density at radius 1 is 1.30 bits per heavy atom. The minimum absolute atomic E-state index is 0.0335. The van der Waals surface area contributed by atoms with E-state index in [2.05, 4.69) is 12.2 Å². The maximum atomic E-state index is 12.8. The molecule has 1 aromatic rings. The normalized spacial score (nSPS) is 35.8. The molecule has 2 aliphatic carbocycles. The van der Waals surface area contributed by atoms with E-state index in [1.54, 1.807) is 23.9 Å². The Labute approximate surface area is 182 Å². The number of amidine groups is 1. The molecule has 5 rings (SSSR count). The first-order valence-electron chi connectivity index (χ1n) is 11.4. The van der Waals surface area contributed by atoms with Crippen molar-refractivity contribution in [1.29, 1.82) is 0 Å². The van der Waals surface area contributed by atoms with Gasteiger partial charge in [-0.3, -0.25) is 14.6 Å². The van der Waals surface area contributed by atoms with Crippen molar-refractivity contribution >= 4 is 28.7 Å². The number of nitrogens with one attached hydrogen (secondary N) is 1. The Morgan fingerprint density at radius 2 is 2.13 bits per heavy atom. The molecule has 4 atom stereocenters. The summed E-state index contributed by atoms with van der Waals surface area (Å²) in [6.07, 6.45) is 10.7. The van der Waals surface area contributed by atoms with Gasteiger partial charge in [-0.15, -0.1) is 0 Å². The van der Waals surface area contributed by atoms with Gasteiger partial charge in [0.15, 0.2) is 10.9 Å². The largest absolute Gasteiger partial charge is 0.459 e. The van der Waals surface area contributed by atoms with E-state index in [-0.39, 0.29) is 11.8 Å². The van der Waals surface area contributed by atoms with E-state index in [4.69, 9.17) is 9.41 Å². The topological polar surface area (TPSA) is 74.9 Å². The van der Waals surface area contributed by atoms with Crippen molar-refractivity contribution < 1.29 is 14.0 Å². The summed E-state index contributed by atoms with van der Waals surface area (Å²) in [5.41, 5.74) is 0. The maximum absolute atomic E-state index is 12.8. The predicted molar refractivity (Wildman–Crippen MR) is 117 cm³/mol. The van der Waals surface area contributed by atoms with Crippen molar-refractivity contribution in [2.75, 3.05) is 13.1 Å². The molecule has 1 N–H and O–H groups in total. The lowest BCUT2D eigenvalue weighted by Crippen LogP contribution is -2.41. The van der Waals surface area contributed by atoms with Gasteiger partial charge >= 0.3 is 0 Å². The zero-order valence-electron chi connectivity index (χ0n) is 17.6. The third-order valence-corrected chi connectivity index (χ3v) is 8.76. The highest BCUT2D eigenvalue weighted by Crippen LogP contribution is 2.45. The van der Waals surface area contributed by atoms with E-state index in [0.29, 0.717) is 17.7 Å². The van der Waals surface area contributed by atoms with Gasteiger partial charge in [-0.2, -0.15) is 0 Å². The number of nitrogens with zero attached hydrogens (tertiary/aromatic N) is 2. The van der Waals surface area contributed by atoms with Gasteiger partial charge in [0.1, 0.15) is 0 Å². The Kier molecular flexibility index (Phi) is 5.42. The number of carbonyl (C=O) groups is 2. The first kappa shape index (κ1) is 20.2. The monoisotopic (exact) mass is 429 g/mol. The van der Waals surface area contributed by atoms with Gasteiger partial charge in [0.2, 0.25) is 5.91 Å². The highest BCUT2D eigenvalue weighted by atomic mass is 32.2. The summed E-state index contributed by atoms with van der Waals surface area (Å²) in [5.74, 6) is 2.48. The zero-order valence-corrected chi connectivity index (χ0v) is 18.5. The van der Waals surface area contributed by atoms with E-state index in [1.807, 2.05) is 4.90 Å². The lowest BCUT2D eigenvalue weighted by Gasteiger charge is -2.34. The summed E-state index contributed by atoms with van der Waals surface area (Å²) < 4.78 is 4.79. The van der Waals surface area contributed by atoms with E-state index in [9.17, 15) is 9.59 Å². The van der Waals surface area contributed by atoms with Crippen LogP contribution in [-0.2, 0) is 4.79 Å². The molecular weight excluding hydrogens is 398 g/mol. The number of rotatable bonds is 4. The lowest BCUT2D eigenvalue weighted by atomic mass is 9.87. The molecule has 1 aromatic heterocycles. The fourth-order valence-corrected chi connectivity index (χ4v) is 7.11. The Bertz CT molecular complexity index is 831. The van der Waals surface area contributed by atoms with E-state index >= 15 is 0 Å². The SMILES string of the molecule is CC1(CC2CCN(C(=O)c3ccco3)CC2)SC(=N[C@H]2C[C@@H]3CCC[C@H]2C3)NC1=O. The number of hydrogen-bond donors (Lipinski definition) is 1. The number of amides is 2. The van der Waals surface area contributed by atoms with Crippen LogP contribution in [-0.4, -0.2) is 45.8 Å². The quantitative estimate of drug-likeness (QED) is 0.783. The summed E-state index contributed by atoms with van der Waals surface area (Å²) >= 11 is 1.63. The van der Waals surface area contributed by atoms with Crippen LogP contribution in [0, 0.1) is 17.8 Å². The van der Waals surface area contributed by atoms with Crippen LogP contribution in [0.15, 0.2) is 27.8 Å². The Hall–Kier alpha value is -1.76. The van der Waals surface area contributed by atoms with Gasteiger partial charge in [0.25, 0.3) is 5.91 Å². The minimum Gasteiger partial charge on any atom is -0.459 e. The number of aliphatic imine (C=N–C) groups is 1. The third-order valence-electron chi connectivity index (χ3n) is 7.56. The van der Waals surface area contributed by atoms with Crippen molar-refractivity contribution in [1.82, 2.24) is 10.2 Å². The Morgan fingerprint density at radius 3 is 2.87 bits per heavy atom. The van der Waals surface area contributed by atoms with Crippen LogP contribution in [0.5, 0.6) is 0 Å². The first-order valence-corrected chi connectivity index (χ1v) is 12.2. The van der Waals surface area contributed by atoms with E-state index in [0.717, 1.165) is 49.4 Å². The molecule has 0 radical (unpaired) electrons. The molecule has 2 aliphatic heterocycles. The van der Waals surface area contributed by atoms with E-state index < -0.39 is 4.75 Å². The molecule has 3 heterocycles. The highest BCUT2D eigenvalue weighted by molar-refractivity contribution is 8.16. The minimum atomic E-state index is -0.454. The molecule has 6 nitrogen and oxygen atoms in total. The second kappa shape index (κ2) is 8.06. The molecule has 4 fully saturated rings. The lowest BCUT2D eigenvalue weighted by molar-refractivity contribution is -0.121. The average molecular weight is 430 g/mol. The van der Waals surface area contributed by atoms with Crippen molar-refractivity contribution in [3.63, 3.8) is 0 Å². The van der Waals surface area contributed by atoms with Crippen LogP contribution in [0.2, 0.25) is 0 Å². The number of likely N-dealkylation sites (tertiary alicyclic amines) is 1. The van der Waals surface area contributed by atoms with Crippen molar-refractivity contribution in [3.05, 3.63) is 24.2 Å². The summed E-state index contributed by atoms with van der Waals surface area (Å²) in [6, 6.07) is 3.86. The molecule has 2 saturated carbocycles. The molecule has 30 heavy (non-hydrogen) atoms. The number of piperidine rings is 1. The molecule has 7 heteroatoms. The smallest absolute Gasteiger partial charge is 0.289 e. The summed E-state index contributed by atoms with van der Waals surface area (Å²) in [4.78, 5) is 32.2. The molecule has 2 saturated heterocycles. The number of carbonyl (C=O) groups excluding carboxylic acids is 2.